The quantitative estimate of drug-likeness (QED) is 0.675. The zero-order valence-electron chi connectivity index (χ0n) is 17.3. The van der Waals surface area contributed by atoms with Crippen LogP contribution in [0.2, 0.25) is 0 Å². The minimum atomic E-state index is -0.769. The summed E-state index contributed by atoms with van der Waals surface area (Å²) >= 11 is 0. The van der Waals surface area contributed by atoms with Crippen molar-refractivity contribution in [2.24, 2.45) is 0 Å². The molecule has 0 aliphatic carbocycles. The van der Waals surface area contributed by atoms with E-state index in [0.29, 0.717) is 24.3 Å². The van der Waals surface area contributed by atoms with E-state index in [0.717, 1.165) is 18.7 Å². The third-order valence-electron chi connectivity index (χ3n) is 5.24. The number of pyridine rings is 1. The minimum absolute atomic E-state index is 0.0835. The summed E-state index contributed by atoms with van der Waals surface area (Å²) in [6.07, 6.45) is 3.17. The summed E-state index contributed by atoms with van der Waals surface area (Å²) in [5.41, 5.74) is 1.27. The number of carbonyl (C=O) groups is 3. The Bertz CT molecular complexity index is 901. The standard InChI is InChI=1S/C22H27N5O3/c1-16(28)25-17-7-9-18(10-8-17)26-20(29)14-27-13-5-11-22(15-27,21(30)23-2)19-6-3-4-12-24-19/h3-4,6-10,12H,5,11,13-15H2,1-2H3,(H,23,30)(H,25,28)(H,26,29). The second-order valence-corrected chi connectivity index (χ2v) is 7.50. The Kier molecular flexibility index (Phi) is 6.79. The van der Waals surface area contributed by atoms with Crippen LogP contribution in [0.4, 0.5) is 11.4 Å². The van der Waals surface area contributed by atoms with Gasteiger partial charge in [0.15, 0.2) is 0 Å². The molecule has 1 atom stereocenters. The number of hydrogen-bond donors (Lipinski definition) is 3. The maximum absolute atomic E-state index is 12.8. The van der Waals surface area contributed by atoms with Gasteiger partial charge in [-0.1, -0.05) is 6.07 Å². The Balaban J connectivity index is 1.67. The second-order valence-electron chi connectivity index (χ2n) is 7.50. The van der Waals surface area contributed by atoms with E-state index >= 15 is 0 Å². The SMILES string of the molecule is CNC(=O)C1(c2ccccn2)CCCN(CC(=O)Nc2ccc(NC(C)=O)cc2)C1. The number of hydrogen-bond acceptors (Lipinski definition) is 5. The van der Waals surface area contributed by atoms with E-state index in [1.54, 1.807) is 37.5 Å². The van der Waals surface area contributed by atoms with Crippen molar-refractivity contribution in [3.8, 4) is 0 Å². The van der Waals surface area contributed by atoms with E-state index in [1.165, 1.54) is 6.92 Å². The van der Waals surface area contributed by atoms with Crippen LogP contribution in [-0.2, 0) is 19.8 Å². The summed E-state index contributed by atoms with van der Waals surface area (Å²) in [5.74, 6) is -0.389. The van der Waals surface area contributed by atoms with Gasteiger partial charge in [0.2, 0.25) is 17.7 Å². The molecule has 1 fully saturated rings. The van der Waals surface area contributed by atoms with Crippen LogP contribution in [0.5, 0.6) is 0 Å². The van der Waals surface area contributed by atoms with Gasteiger partial charge >= 0.3 is 0 Å². The monoisotopic (exact) mass is 409 g/mol. The molecular weight excluding hydrogens is 382 g/mol. The number of anilines is 2. The van der Waals surface area contributed by atoms with Crippen LogP contribution in [0, 0.1) is 0 Å². The van der Waals surface area contributed by atoms with E-state index in [4.69, 9.17) is 0 Å². The highest BCUT2D eigenvalue weighted by atomic mass is 16.2. The number of nitrogens with one attached hydrogen (secondary N) is 3. The number of benzene rings is 1. The maximum Gasteiger partial charge on any atom is 0.238 e. The van der Waals surface area contributed by atoms with Gasteiger partial charge in [-0.3, -0.25) is 24.3 Å². The molecule has 3 N–H and O–H groups in total. The number of likely N-dealkylation sites (N-methyl/N-ethyl adjacent to an activating group) is 1. The molecule has 1 aromatic heterocycles. The molecule has 0 spiro atoms. The molecule has 2 aromatic rings. The van der Waals surface area contributed by atoms with Crippen LogP contribution >= 0.6 is 0 Å². The van der Waals surface area contributed by atoms with Crippen molar-refractivity contribution in [1.29, 1.82) is 0 Å². The van der Waals surface area contributed by atoms with E-state index in [9.17, 15) is 14.4 Å². The Labute approximate surface area is 176 Å². The first kappa shape index (κ1) is 21.4. The van der Waals surface area contributed by atoms with Crippen LogP contribution in [0.1, 0.15) is 25.5 Å². The summed E-state index contributed by atoms with van der Waals surface area (Å²) in [6.45, 7) is 2.79. The predicted octanol–water partition coefficient (Wildman–Crippen LogP) is 1.76. The van der Waals surface area contributed by atoms with Gasteiger partial charge in [0.25, 0.3) is 0 Å². The summed E-state index contributed by atoms with van der Waals surface area (Å²) in [7, 11) is 1.63. The molecule has 2 heterocycles. The van der Waals surface area contributed by atoms with Gasteiger partial charge in [-0.2, -0.15) is 0 Å². The smallest absolute Gasteiger partial charge is 0.238 e. The zero-order valence-corrected chi connectivity index (χ0v) is 17.3. The van der Waals surface area contributed by atoms with Gasteiger partial charge in [-0.25, -0.2) is 0 Å². The molecule has 1 aliphatic heterocycles. The molecule has 1 aromatic carbocycles. The largest absolute Gasteiger partial charge is 0.358 e. The lowest BCUT2D eigenvalue weighted by Crippen LogP contribution is -2.55. The van der Waals surface area contributed by atoms with Gasteiger partial charge in [0.1, 0.15) is 5.41 Å². The molecule has 0 bridgehead atoms. The average Bonchev–Trinajstić information content (AvgIpc) is 2.75. The van der Waals surface area contributed by atoms with E-state index in [1.807, 2.05) is 23.1 Å². The molecule has 1 unspecified atom stereocenters. The highest BCUT2D eigenvalue weighted by Crippen LogP contribution is 2.33. The molecule has 1 saturated heterocycles. The molecule has 1 aliphatic rings. The first-order valence-corrected chi connectivity index (χ1v) is 9.96. The molecule has 0 radical (unpaired) electrons. The van der Waals surface area contributed by atoms with E-state index < -0.39 is 5.41 Å². The van der Waals surface area contributed by atoms with Gasteiger partial charge < -0.3 is 16.0 Å². The topological polar surface area (TPSA) is 103 Å². The Morgan fingerprint density at radius 1 is 1.07 bits per heavy atom. The van der Waals surface area contributed by atoms with Crippen molar-refractivity contribution in [2.45, 2.75) is 25.2 Å². The minimum Gasteiger partial charge on any atom is -0.358 e. The Hall–Kier alpha value is -3.26. The van der Waals surface area contributed by atoms with Gasteiger partial charge in [-0.15, -0.1) is 0 Å². The van der Waals surface area contributed by atoms with Crippen LogP contribution < -0.4 is 16.0 Å². The van der Waals surface area contributed by atoms with Crippen LogP contribution in [0.25, 0.3) is 0 Å². The van der Waals surface area contributed by atoms with E-state index in [2.05, 4.69) is 20.9 Å². The number of amides is 3. The van der Waals surface area contributed by atoms with Crippen molar-refractivity contribution >= 4 is 29.1 Å². The third-order valence-corrected chi connectivity index (χ3v) is 5.24. The van der Waals surface area contributed by atoms with Crippen LogP contribution in [0.15, 0.2) is 48.7 Å². The lowest BCUT2D eigenvalue weighted by atomic mass is 9.75. The normalized spacial score (nSPS) is 19.0. The average molecular weight is 409 g/mol. The second kappa shape index (κ2) is 9.49. The summed E-state index contributed by atoms with van der Waals surface area (Å²) in [6, 6.07) is 12.5. The number of carbonyl (C=O) groups excluding carboxylic acids is 3. The molecule has 3 rings (SSSR count). The number of likely N-dealkylation sites (tertiary alicyclic amines) is 1. The lowest BCUT2D eigenvalue weighted by molar-refractivity contribution is -0.130. The van der Waals surface area contributed by atoms with Crippen LogP contribution in [0.3, 0.4) is 0 Å². The molecule has 8 heteroatoms. The van der Waals surface area contributed by atoms with Crippen molar-refractivity contribution < 1.29 is 14.4 Å². The molecular formula is C22H27N5O3. The summed E-state index contributed by atoms with van der Waals surface area (Å²) < 4.78 is 0. The summed E-state index contributed by atoms with van der Waals surface area (Å²) in [5, 5.41) is 8.33. The molecule has 158 valence electrons. The number of aromatic nitrogens is 1. The molecule has 30 heavy (non-hydrogen) atoms. The molecule has 3 amide bonds. The van der Waals surface area contributed by atoms with E-state index in [-0.39, 0.29) is 24.3 Å². The third kappa shape index (κ3) is 5.01. The summed E-state index contributed by atoms with van der Waals surface area (Å²) in [4.78, 5) is 42.9. The van der Waals surface area contributed by atoms with Crippen molar-refractivity contribution in [3.63, 3.8) is 0 Å². The van der Waals surface area contributed by atoms with Crippen molar-refractivity contribution in [1.82, 2.24) is 15.2 Å². The lowest BCUT2D eigenvalue weighted by Gasteiger charge is -2.40. The fourth-order valence-corrected chi connectivity index (χ4v) is 3.92. The van der Waals surface area contributed by atoms with Gasteiger partial charge in [-0.05, 0) is 55.8 Å². The fourth-order valence-electron chi connectivity index (χ4n) is 3.92. The highest BCUT2D eigenvalue weighted by molar-refractivity contribution is 5.93. The number of piperidine rings is 1. The molecule has 8 nitrogen and oxygen atoms in total. The Morgan fingerprint density at radius 2 is 1.77 bits per heavy atom. The maximum atomic E-state index is 12.8. The Morgan fingerprint density at radius 3 is 2.37 bits per heavy atom. The van der Waals surface area contributed by atoms with Gasteiger partial charge in [0.05, 0.1) is 12.2 Å². The van der Waals surface area contributed by atoms with Gasteiger partial charge in [0, 0.05) is 38.1 Å². The molecule has 0 saturated carbocycles. The first-order valence-electron chi connectivity index (χ1n) is 9.96. The van der Waals surface area contributed by atoms with Crippen molar-refractivity contribution in [3.05, 3.63) is 54.4 Å². The number of nitrogens with zero attached hydrogens (tertiary/aromatic N) is 2. The fraction of sp³-hybridized carbons (Fsp3) is 0.364. The number of rotatable bonds is 6. The first-order chi connectivity index (χ1) is 14.4. The highest BCUT2D eigenvalue weighted by Gasteiger charge is 2.44. The van der Waals surface area contributed by atoms with Crippen molar-refractivity contribution in [2.75, 3.05) is 37.3 Å². The van der Waals surface area contributed by atoms with Crippen LogP contribution in [-0.4, -0.2) is 54.3 Å². The zero-order chi connectivity index (χ0) is 21.6. The predicted molar refractivity (Wildman–Crippen MR) is 115 cm³/mol.